The molecule has 1 aromatic rings. The summed E-state index contributed by atoms with van der Waals surface area (Å²) in [5.41, 5.74) is 3.23. The summed E-state index contributed by atoms with van der Waals surface area (Å²) >= 11 is 5.78. The van der Waals surface area contributed by atoms with Crippen LogP contribution in [0.3, 0.4) is 0 Å². The Balaban J connectivity index is 2.11. The molecule has 1 aliphatic rings. The second-order valence-electron chi connectivity index (χ2n) is 4.03. The van der Waals surface area contributed by atoms with Gasteiger partial charge in [-0.15, -0.1) is 0 Å². The van der Waals surface area contributed by atoms with Crippen LogP contribution in [0.4, 0.5) is 5.82 Å². The first-order valence-electron chi connectivity index (χ1n) is 5.57. The fourth-order valence-corrected chi connectivity index (χ4v) is 2.05. The third kappa shape index (κ3) is 3.31. The van der Waals surface area contributed by atoms with Crippen LogP contribution in [-0.2, 0) is 0 Å². The maximum Gasteiger partial charge on any atom is 0.335 e. The van der Waals surface area contributed by atoms with E-state index < -0.39 is 5.97 Å². The topological polar surface area (TPSA) is 65.5 Å². The Kier molecular flexibility index (Phi) is 3.81. The number of carboxylic acid groups (broad SMARTS) is 1. The number of rotatable bonds is 3. The number of carbonyl (C=O) groups is 1. The van der Waals surface area contributed by atoms with Crippen LogP contribution in [0.15, 0.2) is 12.1 Å². The van der Waals surface area contributed by atoms with Gasteiger partial charge in [-0.05, 0) is 25.0 Å². The second-order valence-corrected chi connectivity index (χ2v) is 4.42. The van der Waals surface area contributed by atoms with Crippen molar-refractivity contribution in [1.29, 1.82) is 0 Å². The van der Waals surface area contributed by atoms with Gasteiger partial charge in [0.05, 0.1) is 5.56 Å². The van der Waals surface area contributed by atoms with Gasteiger partial charge in [-0.1, -0.05) is 18.0 Å². The summed E-state index contributed by atoms with van der Waals surface area (Å²) in [7, 11) is 0. The van der Waals surface area contributed by atoms with Crippen molar-refractivity contribution in [3.63, 3.8) is 0 Å². The van der Waals surface area contributed by atoms with Crippen LogP contribution in [0.1, 0.15) is 29.6 Å². The monoisotopic (exact) mass is 255 g/mol. The molecule has 17 heavy (non-hydrogen) atoms. The standard InChI is InChI=1S/C11H14ClN3O2/c12-9-6-8(11(16)17)7-10(13-9)14-15-4-2-1-3-5-15/h6-7H,1-5H2,(H,13,14)(H,16,17). The predicted molar refractivity (Wildman–Crippen MR) is 65.3 cm³/mol. The lowest BCUT2D eigenvalue weighted by atomic mass is 10.2. The van der Waals surface area contributed by atoms with Crippen molar-refractivity contribution in [2.75, 3.05) is 18.5 Å². The minimum absolute atomic E-state index is 0.143. The first-order valence-corrected chi connectivity index (χ1v) is 5.95. The zero-order valence-electron chi connectivity index (χ0n) is 9.32. The van der Waals surface area contributed by atoms with Gasteiger partial charge in [-0.25, -0.2) is 14.8 Å². The minimum Gasteiger partial charge on any atom is -0.478 e. The highest BCUT2D eigenvalue weighted by Crippen LogP contribution is 2.16. The molecule has 0 aromatic carbocycles. The Morgan fingerprint density at radius 1 is 1.35 bits per heavy atom. The van der Waals surface area contributed by atoms with E-state index in [1.54, 1.807) is 0 Å². The molecule has 6 heteroatoms. The number of piperidine rings is 1. The molecule has 2 heterocycles. The molecule has 1 fully saturated rings. The van der Waals surface area contributed by atoms with Gasteiger partial charge < -0.3 is 10.5 Å². The molecule has 1 aromatic heterocycles. The van der Waals surface area contributed by atoms with Gasteiger partial charge >= 0.3 is 5.97 Å². The van der Waals surface area contributed by atoms with Gasteiger partial charge in [0.1, 0.15) is 11.0 Å². The van der Waals surface area contributed by atoms with Crippen molar-refractivity contribution < 1.29 is 9.90 Å². The van der Waals surface area contributed by atoms with Gasteiger partial charge in [0, 0.05) is 13.1 Å². The molecule has 0 spiro atoms. The number of carboxylic acids is 1. The van der Waals surface area contributed by atoms with Crippen LogP contribution < -0.4 is 5.43 Å². The van der Waals surface area contributed by atoms with Crippen LogP contribution in [0.2, 0.25) is 5.15 Å². The summed E-state index contributed by atoms with van der Waals surface area (Å²) < 4.78 is 0. The number of nitrogens with zero attached hydrogens (tertiary/aromatic N) is 2. The molecule has 5 nitrogen and oxygen atoms in total. The predicted octanol–water partition coefficient (Wildman–Crippen LogP) is 2.25. The van der Waals surface area contributed by atoms with Gasteiger partial charge in [0.2, 0.25) is 0 Å². The first-order chi connectivity index (χ1) is 8.15. The Labute approximate surface area is 104 Å². The molecule has 0 radical (unpaired) electrons. The average molecular weight is 256 g/mol. The van der Waals surface area contributed by atoms with Crippen molar-refractivity contribution >= 4 is 23.4 Å². The number of hydrogen-bond acceptors (Lipinski definition) is 4. The number of aromatic carboxylic acids is 1. The number of aromatic nitrogens is 1. The van der Waals surface area contributed by atoms with Gasteiger partial charge in [0.15, 0.2) is 0 Å². The largest absolute Gasteiger partial charge is 0.478 e. The second kappa shape index (κ2) is 5.33. The number of nitrogens with one attached hydrogen (secondary N) is 1. The van der Waals surface area contributed by atoms with Gasteiger partial charge in [-0.2, -0.15) is 0 Å². The summed E-state index contributed by atoms with van der Waals surface area (Å²) in [6.07, 6.45) is 3.51. The Morgan fingerprint density at radius 2 is 2.06 bits per heavy atom. The molecule has 2 rings (SSSR count). The number of halogens is 1. The van der Waals surface area contributed by atoms with Crippen molar-refractivity contribution in [2.45, 2.75) is 19.3 Å². The fourth-order valence-electron chi connectivity index (χ4n) is 1.85. The number of pyridine rings is 1. The van der Waals surface area contributed by atoms with Gasteiger partial charge in [-0.3, -0.25) is 0 Å². The Hall–Kier alpha value is -1.33. The van der Waals surface area contributed by atoms with Crippen LogP contribution in [-0.4, -0.2) is 34.2 Å². The molecule has 0 saturated carbocycles. The molecule has 0 aliphatic carbocycles. The molecule has 0 bridgehead atoms. The van der Waals surface area contributed by atoms with Crippen LogP contribution in [0, 0.1) is 0 Å². The molecular formula is C11H14ClN3O2. The van der Waals surface area contributed by atoms with E-state index in [4.69, 9.17) is 16.7 Å². The van der Waals surface area contributed by atoms with E-state index in [0.717, 1.165) is 25.9 Å². The maximum absolute atomic E-state index is 10.9. The molecule has 0 atom stereocenters. The summed E-state index contributed by atoms with van der Waals surface area (Å²) in [5, 5.41) is 11.1. The first kappa shape index (κ1) is 12.1. The van der Waals surface area contributed by atoms with E-state index in [2.05, 4.69) is 10.4 Å². The molecule has 0 amide bonds. The maximum atomic E-state index is 10.9. The Morgan fingerprint density at radius 3 is 2.71 bits per heavy atom. The number of hydrogen-bond donors (Lipinski definition) is 2. The lowest BCUT2D eigenvalue weighted by Crippen LogP contribution is -2.35. The molecule has 92 valence electrons. The van der Waals surface area contributed by atoms with E-state index >= 15 is 0 Å². The molecule has 2 N–H and O–H groups in total. The minimum atomic E-state index is -1.00. The van der Waals surface area contributed by atoms with Crippen molar-refractivity contribution in [3.8, 4) is 0 Å². The summed E-state index contributed by atoms with van der Waals surface area (Å²) in [5.74, 6) is -0.521. The lowest BCUT2D eigenvalue weighted by molar-refractivity contribution is 0.0696. The van der Waals surface area contributed by atoms with Crippen LogP contribution in [0.25, 0.3) is 0 Å². The van der Waals surface area contributed by atoms with E-state index in [1.807, 2.05) is 5.01 Å². The highest BCUT2D eigenvalue weighted by molar-refractivity contribution is 6.29. The molecule has 1 saturated heterocycles. The SMILES string of the molecule is O=C(O)c1cc(Cl)nc(NN2CCCCC2)c1. The summed E-state index contributed by atoms with van der Waals surface area (Å²) in [4.78, 5) is 14.9. The van der Waals surface area contributed by atoms with Gasteiger partial charge in [0.25, 0.3) is 0 Å². The zero-order chi connectivity index (χ0) is 12.3. The van der Waals surface area contributed by atoms with Crippen LogP contribution >= 0.6 is 11.6 Å². The van der Waals surface area contributed by atoms with E-state index in [9.17, 15) is 4.79 Å². The molecule has 0 unspecified atom stereocenters. The summed E-state index contributed by atoms with van der Waals surface area (Å²) in [6, 6.07) is 2.83. The number of anilines is 1. The lowest BCUT2D eigenvalue weighted by Gasteiger charge is -2.27. The molecular weight excluding hydrogens is 242 g/mol. The zero-order valence-corrected chi connectivity index (χ0v) is 10.1. The van der Waals surface area contributed by atoms with Crippen molar-refractivity contribution in [2.24, 2.45) is 0 Å². The van der Waals surface area contributed by atoms with Crippen LogP contribution in [0.5, 0.6) is 0 Å². The van der Waals surface area contributed by atoms with E-state index in [1.165, 1.54) is 18.6 Å². The smallest absolute Gasteiger partial charge is 0.335 e. The molecule has 1 aliphatic heterocycles. The highest BCUT2D eigenvalue weighted by Gasteiger charge is 2.12. The Bertz CT molecular complexity index is 419. The third-order valence-electron chi connectivity index (χ3n) is 2.67. The summed E-state index contributed by atoms with van der Waals surface area (Å²) in [6.45, 7) is 1.88. The number of hydrazine groups is 1. The normalized spacial score (nSPS) is 16.8. The third-order valence-corrected chi connectivity index (χ3v) is 2.86. The van der Waals surface area contributed by atoms with Crippen molar-refractivity contribution in [1.82, 2.24) is 9.99 Å². The quantitative estimate of drug-likeness (QED) is 0.811. The average Bonchev–Trinajstić information content (AvgIpc) is 2.29. The van der Waals surface area contributed by atoms with Crippen molar-refractivity contribution in [3.05, 3.63) is 22.8 Å². The fraction of sp³-hybridized carbons (Fsp3) is 0.455. The highest BCUT2D eigenvalue weighted by atomic mass is 35.5. The van der Waals surface area contributed by atoms with E-state index in [-0.39, 0.29) is 10.7 Å². The van der Waals surface area contributed by atoms with E-state index in [0.29, 0.717) is 5.82 Å².